The highest BCUT2D eigenvalue weighted by Crippen LogP contribution is 2.29. The largest absolute Gasteiger partial charge is 0.351 e. The van der Waals surface area contributed by atoms with Gasteiger partial charge in [-0.2, -0.15) is 5.10 Å². The standard InChI is InChI=1S/C27H45N7O3/c1-4-6-14-33-25(36)23-19-22(24(35)28-12-9-13-32-17-15-31(5-2)16-18-32)30-34(23)20-27(33,3)26(37)29-21-10-7-8-11-21/h19,21H,4-18,20H2,1-3H3,(H,28,35)(H,29,37)/t27-/m1/s1. The lowest BCUT2D eigenvalue weighted by atomic mass is 9.94. The number of likely N-dealkylation sites (N-methyl/N-ethyl adjacent to an activating group) is 1. The first kappa shape index (κ1) is 27.6. The summed E-state index contributed by atoms with van der Waals surface area (Å²) in [5.74, 6) is -0.639. The molecule has 10 heteroatoms. The molecule has 206 valence electrons. The van der Waals surface area contributed by atoms with Gasteiger partial charge in [0.1, 0.15) is 11.2 Å². The number of hydrogen-bond acceptors (Lipinski definition) is 6. The number of carbonyl (C=O) groups is 3. The number of piperazine rings is 1. The first-order valence-electron chi connectivity index (χ1n) is 14.3. The number of amides is 3. The topological polar surface area (TPSA) is 103 Å². The van der Waals surface area contributed by atoms with E-state index in [0.717, 1.165) is 84.2 Å². The average molecular weight is 516 g/mol. The third kappa shape index (κ3) is 6.34. The van der Waals surface area contributed by atoms with Crippen LogP contribution < -0.4 is 10.6 Å². The first-order valence-corrected chi connectivity index (χ1v) is 14.3. The lowest BCUT2D eigenvalue weighted by molar-refractivity contribution is -0.133. The van der Waals surface area contributed by atoms with Gasteiger partial charge in [-0.05, 0) is 45.7 Å². The van der Waals surface area contributed by atoms with Gasteiger partial charge >= 0.3 is 0 Å². The minimum Gasteiger partial charge on any atom is -0.351 e. The summed E-state index contributed by atoms with van der Waals surface area (Å²) in [4.78, 5) is 46.4. The molecule has 10 nitrogen and oxygen atoms in total. The molecule has 1 aromatic rings. The van der Waals surface area contributed by atoms with Gasteiger partial charge in [-0.3, -0.25) is 19.1 Å². The number of carbonyl (C=O) groups excluding carboxylic acids is 3. The van der Waals surface area contributed by atoms with Crippen LogP contribution in [0.5, 0.6) is 0 Å². The lowest BCUT2D eigenvalue weighted by Crippen LogP contribution is -2.65. The van der Waals surface area contributed by atoms with Crippen molar-refractivity contribution < 1.29 is 14.4 Å². The van der Waals surface area contributed by atoms with Crippen molar-refractivity contribution in [3.05, 3.63) is 17.5 Å². The zero-order valence-corrected chi connectivity index (χ0v) is 22.9. The molecule has 3 heterocycles. The summed E-state index contributed by atoms with van der Waals surface area (Å²) >= 11 is 0. The second-order valence-electron chi connectivity index (χ2n) is 11.0. The van der Waals surface area contributed by atoms with Gasteiger partial charge in [0, 0.05) is 51.4 Å². The minimum absolute atomic E-state index is 0.129. The molecule has 1 atom stereocenters. The highest BCUT2D eigenvalue weighted by atomic mass is 16.2. The van der Waals surface area contributed by atoms with E-state index in [-0.39, 0.29) is 36.0 Å². The van der Waals surface area contributed by atoms with Gasteiger partial charge in [-0.25, -0.2) is 0 Å². The predicted octanol–water partition coefficient (Wildman–Crippen LogP) is 1.71. The molecular weight excluding hydrogens is 470 g/mol. The number of hydrogen-bond donors (Lipinski definition) is 2. The Morgan fingerprint density at radius 2 is 1.76 bits per heavy atom. The second-order valence-corrected chi connectivity index (χ2v) is 11.0. The van der Waals surface area contributed by atoms with Crippen LogP contribution in [0.3, 0.4) is 0 Å². The number of rotatable bonds is 11. The van der Waals surface area contributed by atoms with Gasteiger partial charge in [0.25, 0.3) is 11.8 Å². The smallest absolute Gasteiger partial charge is 0.273 e. The van der Waals surface area contributed by atoms with E-state index in [2.05, 4.69) is 39.4 Å². The molecule has 2 fully saturated rings. The van der Waals surface area contributed by atoms with E-state index in [0.29, 0.717) is 18.8 Å². The summed E-state index contributed by atoms with van der Waals surface area (Å²) in [6.07, 6.45) is 6.82. The molecule has 37 heavy (non-hydrogen) atoms. The van der Waals surface area contributed by atoms with Crippen molar-refractivity contribution in [1.29, 1.82) is 0 Å². The fraction of sp³-hybridized carbons (Fsp3) is 0.778. The molecule has 4 rings (SSSR count). The molecule has 3 aliphatic rings. The van der Waals surface area contributed by atoms with E-state index >= 15 is 0 Å². The van der Waals surface area contributed by atoms with Crippen molar-refractivity contribution >= 4 is 17.7 Å². The van der Waals surface area contributed by atoms with Crippen molar-refractivity contribution in [3.63, 3.8) is 0 Å². The van der Waals surface area contributed by atoms with Crippen LogP contribution in [0.1, 0.15) is 86.7 Å². The van der Waals surface area contributed by atoms with Crippen LogP contribution in [-0.4, -0.2) is 106 Å². The Bertz CT molecular complexity index is 950. The van der Waals surface area contributed by atoms with E-state index < -0.39 is 5.54 Å². The van der Waals surface area contributed by atoms with E-state index in [1.807, 2.05) is 6.92 Å². The summed E-state index contributed by atoms with van der Waals surface area (Å²) < 4.78 is 1.56. The molecule has 3 amide bonds. The molecule has 2 N–H and O–H groups in total. The van der Waals surface area contributed by atoms with Crippen molar-refractivity contribution in [3.8, 4) is 0 Å². The first-order chi connectivity index (χ1) is 17.9. The molecule has 1 saturated carbocycles. The maximum Gasteiger partial charge on any atom is 0.273 e. The quantitative estimate of drug-likeness (QED) is 0.435. The highest BCUT2D eigenvalue weighted by Gasteiger charge is 2.48. The van der Waals surface area contributed by atoms with Gasteiger partial charge in [-0.15, -0.1) is 0 Å². The van der Waals surface area contributed by atoms with Crippen molar-refractivity contribution in [2.45, 2.75) is 83.8 Å². The fourth-order valence-electron chi connectivity index (χ4n) is 5.75. The molecule has 0 spiro atoms. The normalized spacial score (nSPS) is 23.3. The molecule has 1 saturated heterocycles. The third-order valence-electron chi connectivity index (χ3n) is 8.29. The Labute approximate surface area is 221 Å². The van der Waals surface area contributed by atoms with Crippen molar-refractivity contribution in [2.75, 3.05) is 52.4 Å². The molecule has 0 bridgehead atoms. The van der Waals surface area contributed by atoms with Crippen LogP contribution in [0.15, 0.2) is 6.07 Å². The summed E-state index contributed by atoms with van der Waals surface area (Å²) in [7, 11) is 0. The Kier molecular flexibility index (Phi) is 9.23. The highest BCUT2D eigenvalue weighted by molar-refractivity contribution is 6.01. The van der Waals surface area contributed by atoms with Gasteiger partial charge < -0.3 is 25.3 Å². The Morgan fingerprint density at radius 1 is 1.05 bits per heavy atom. The molecule has 1 aliphatic carbocycles. The molecule has 0 unspecified atom stereocenters. The molecule has 2 aliphatic heterocycles. The van der Waals surface area contributed by atoms with Crippen LogP contribution in [0, 0.1) is 0 Å². The monoisotopic (exact) mass is 515 g/mol. The van der Waals surface area contributed by atoms with E-state index in [1.54, 1.807) is 15.6 Å². The molecule has 1 aromatic heterocycles. The Hall–Kier alpha value is -2.46. The van der Waals surface area contributed by atoms with Gasteiger partial charge in [-0.1, -0.05) is 33.1 Å². The summed E-state index contributed by atoms with van der Waals surface area (Å²) in [6.45, 7) is 13.8. The van der Waals surface area contributed by atoms with Crippen LogP contribution in [0.2, 0.25) is 0 Å². The maximum atomic E-state index is 13.5. The average Bonchev–Trinajstić information content (AvgIpc) is 3.57. The lowest BCUT2D eigenvalue weighted by Gasteiger charge is -2.43. The van der Waals surface area contributed by atoms with Crippen molar-refractivity contribution in [2.24, 2.45) is 0 Å². The number of fused-ring (bicyclic) bond motifs is 1. The third-order valence-corrected chi connectivity index (χ3v) is 8.29. The minimum atomic E-state index is -1.04. The fourth-order valence-corrected chi connectivity index (χ4v) is 5.75. The van der Waals surface area contributed by atoms with Crippen LogP contribution in [0.25, 0.3) is 0 Å². The van der Waals surface area contributed by atoms with E-state index in [9.17, 15) is 14.4 Å². The predicted molar refractivity (Wildman–Crippen MR) is 142 cm³/mol. The number of nitrogens with zero attached hydrogens (tertiary/aromatic N) is 5. The zero-order valence-electron chi connectivity index (χ0n) is 22.9. The van der Waals surface area contributed by atoms with Gasteiger partial charge in [0.15, 0.2) is 5.69 Å². The number of nitrogens with one attached hydrogen (secondary N) is 2. The number of unbranched alkanes of at least 4 members (excludes halogenated alkanes) is 1. The Morgan fingerprint density at radius 3 is 2.43 bits per heavy atom. The van der Waals surface area contributed by atoms with Crippen molar-refractivity contribution in [1.82, 2.24) is 35.1 Å². The Balaban J connectivity index is 1.37. The van der Waals surface area contributed by atoms with E-state index in [1.165, 1.54) is 0 Å². The molecular formula is C27H45N7O3. The summed E-state index contributed by atoms with van der Waals surface area (Å²) in [5.41, 5.74) is -0.430. The van der Waals surface area contributed by atoms with Crippen LogP contribution in [0.4, 0.5) is 0 Å². The molecule has 0 radical (unpaired) electrons. The summed E-state index contributed by atoms with van der Waals surface area (Å²) in [6, 6.07) is 1.75. The van der Waals surface area contributed by atoms with Gasteiger partial charge in [0.05, 0.1) is 6.54 Å². The van der Waals surface area contributed by atoms with Gasteiger partial charge in [0.2, 0.25) is 5.91 Å². The zero-order chi connectivity index (χ0) is 26.4. The SMILES string of the molecule is CCCCN1C(=O)c2cc(C(=O)NCCCN3CCN(CC)CC3)nn2C[C@]1(C)C(=O)NC1CCCC1. The molecule has 0 aromatic carbocycles. The van der Waals surface area contributed by atoms with E-state index in [4.69, 9.17) is 0 Å². The maximum absolute atomic E-state index is 13.5. The number of aromatic nitrogens is 2. The second kappa shape index (κ2) is 12.4. The van der Waals surface area contributed by atoms with Crippen LogP contribution >= 0.6 is 0 Å². The van der Waals surface area contributed by atoms with Crippen LogP contribution in [-0.2, 0) is 11.3 Å². The summed E-state index contributed by atoms with van der Waals surface area (Å²) in [5, 5.41) is 10.6.